The van der Waals surface area contributed by atoms with Gasteiger partial charge in [-0.3, -0.25) is 0 Å². The molecule has 8 aromatic carbocycles. The number of hydrogen-bond donors (Lipinski definition) is 0. The van der Waals surface area contributed by atoms with Crippen LogP contribution in [0.4, 0.5) is 17.1 Å². The zero-order chi connectivity index (χ0) is 39.6. The lowest BCUT2D eigenvalue weighted by molar-refractivity contribution is 0.659. The zero-order valence-electron chi connectivity index (χ0n) is 34.2. The first kappa shape index (κ1) is 34.8. The van der Waals surface area contributed by atoms with Gasteiger partial charge in [0.25, 0.3) is 0 Å². The Bertz CT molecular complexity index is 2850. The van der Waals surface area contributed by atoms with Crippen LogP contribution in [0, 0.1) is 0 Å². The minimum atomic E-state index is -0.185. The van der Waals surface area contributed by atoms with Crippen molar-refractivity contribution in [3.63, 3.8) is 0 Å². The van der Waals surface area contributed by atoms with Crippen molar-refractivity contribution in [1.29, 1.82) is 0 Å². The number of hydrogen-bond acceptors (Lipinski definition) is 1. The summed E-state index contributed by atoms with van der Waals surface area (Å²) in [6.07, 6.45) is 0. The van der Waals surface area contributed by atoms with E-state index in [-0.39, 0.29) is 16.2 Å². The summed E-state index contributed by atoms with van der Waals surface area (Å²) >= 11 is 0. The van der Waals surface area contributed by atoms with Crippen molar-refractivity contribution in [3.8, 4) is 55.6 Å². The van der Waals surface area contributed by atoms with Gasteiger partial charge >= 0.3 is 0 Å². The summed E-state index contributed by atoms with van der Waals surface area (Å²) in [6.45, 7) is 14.3. The van der Waals surface area contributed by atoms with Gasteiger partial charge in [-0.1, -0.05) is 175 Å². The molecule has 0 amide bonds. The fourth-order valence-corrected chi connectivity index (χ4v) is 10.6. The molecule has 0 fully saturated rings. The van der Waals surface area contributed by atoms with E-state index in [0.29, 0.717) is 0 Å². The highest BCUT2D eigenvalue weighted by Gasteiger charge is 2.39. The van der Waals surface area contributed by atoms with Crippen molar-refractivity contribution in [2.24, 2.45) is 0 Å². The Morgan fingerprint density at radius 3 is 1.03 bits per heavy atom. The van der Waals surface area contributed by atoms with E-state index in [9.17, 15) is 0 Å². The highest BCUT2D eigenvalue weighted by molar-refractivity contribution is 5.91. The second-order valence-corrected chi connectivity index (χ2v) is 18.2. The smallest absolute Gasteiger partial charge is 0.0465 e. The van der Waals surface area contributed by atoms with Gasteiger partial charge in [0.2, 0.25) is 0 Å². The van der Waals surface area contributed by atoms with Crippen molar-refractivity contribution < 1.29 is 0 Å². The lowest BCUT2D eigenvalue weighted by Gasteiger charge is -2.31. The number of anilines is 3. The molecule has 11 rings (SSSR count). The molecule has 0 N–H and O–H groups in total. The van der Waals surface area contributed by atoms with E-state index in [1.807, 2.05) is 0 Å². The number of rotatable bonds is 5. The Balaban J connectivity index is 1.03. The summed E-state index contributed by atoms with van der Waals surface area (Å²) in [5.41, 5.74) is 24.5. The van der Waals surface area contributed by atoms with Gasteiger partial charge in [0, 0.05) is 33.3 Å². The molecule has 1 heteroatoms. The summed E-state index contributed by atoms with van der Waals surface area (Å²) < 4.78 is 0. The topological polar surface area (TPSA) is 3.24 Å². The summed E-state index contributed by atoms with van der Waals surface area (Å²) in [5.74, 6) is 0. The SMILES string of the molecule is CC1(C)c2ccccc2-c2ccc(N(c3ccc4c(c3)C(C)(C)c3ccccc3-4)c3ccc4c(c3)C(C)(C)c3cc(-c5ccc(-c6ccccc6)cc5)ccc3-4)cc21. The first-order chi connectivity index (χ1) is 28.0. The van der Waals surface area contributed by atoms with Gasteiger partial charge < -0.3 is 4.90 Å². The molecule has 0 bridgehead atoms. The highest BCUT2D eigenvalue weighted by atomic mass is 15.1. The molecule has 3 aliphatic rings. The van der Waals surface area contributed by atoms with E-state index >= 15 is 0 Å². The molecule has 0 aliphatic heterocycles. The van der Waals surface area contributed by atoms with Crippen LogP contribution in [0.15, 0.2) is 176 Å². The van der Waals surface area contributed by atoms with Crippen LogP contribution in [0.1, 0.15) is 74.9 Å². The Morgan fingerprint density at radius 1 is 0.259 bits per heavy atom. The van der Waals surface area contributed by atoms with Gasteiger partial charge in [0.05, 0.1) is 0 Å². The van der Waals surface area contributed by atoms with Gasteiger partial charge in [-0.2, -0.15) is 0 Å². The second-order valence-electron chi connectivity index (χ2n) is 18.2. The van der Waals surface area contributed by atoms with Crippen LogP contribution in [-0.4, -0.2) is 0 Å². The summed E-state index contributed by atoms with van der Waals surface area (Å²) in [6, 6.07) is 66.1. The summed E-state index contributed by atoms with van der Waals surface area (Å²) in [4.78, 5) is 2.51. The van der Waals surface area contributed by atoms with E-state index in [0.717, 1.165) is 0 Å². The average Bonchev–Trinajstić information content (AvgIpc) is 3.73. The molecule has 58 heavy (non-hydrogen) atoms. The third-order valence-corrected chi connectivity index (χ3v) is 13.9. The van der Waals surface area contributed by atoms with E-state index in [4.69, 9.17) is 0 Å². The summed E-state index contributed by atoms with van der Waals surface area (Å²) in [7, 11) is 0. The Labute approximate surface area is 343 Å². The van der Waals surface area contributed by atoms with E-state index < -0.39 is 0 Å². The van der Waals surface area contributed by atoms with Crippen molar-refractivity contribution in [3.05, 3.63) is 209 Å². The third kappa shape index (κ3) is 4.96. The monoisotopic (exact) mass is 745 g/mol. The molecular formula is C57H47N. The fourth-order valence-electron chi connectivity index (χ4n) is 10.6. The van der Waals surface area contributed by atoms with Crippen LogP contribution < -0.4 is 4.90 Å². The van der Waals surface area contributed by atoms with Crippen LogP contribution in [0.2, 0.25) is 0 Å². The fraction of sp³-hybridized carbons (Fsp3) is 0.158. The molecule has 0 heterocycles. The van der Waals surface area contributed by atoms with Crippen LogP contribution in [0.5, 0.6) is 0 Å². The molecule has 3 aliphatic carbocycles. The van der Waals surface area contributed by atoms with E-state index in [1.165, 1.54) is 106 Å². The Hall–Kier alpha value is -6.44. The van der Waals surface area contributed by atoms with Gasteiger partial charge in [-0.25, -0.2) is 0 Å². The zero-order valence-corrected chi connectivity index (χ0v) is 34.2. The van der Waals surface area contributed by atoms with Gasteiger partial charge in [-0.05, 0) is 131 Å². The molecule has 0 spiro atoms. The Kier molecular flexibility index (Phi) is 7.36. The quantitative estimate of drug-likeness (QED) is 0.170. The van der Waals surface area contributed by atoms with Crippen molar-refractivity contribution in [2.75, 3.05) is 4.90 Å². The number of benzene rings is 8. The first-order valence-corrected chi connectivity index (χ1v) is 20.8. The molecular weight excluding hydrogens is 699 g/mol. The minimum Gasteiger partial charge on any atom is -0.310 e. The molecule has 280 valence electrons. The standard InChI is InChI=1S/C57H47N/c1-55(2)49-18-12-10-16-43(49)46-29-25-40(33-52(46)55)58(41-26-30-47-44-17-11-13-19-50(44)56(3,4)53(47)34-41)42-27-31-48-45-28-24-39(32-51(45)57(5,6)54(48)35-42)38-22-20-37(21-23-38)36-14-8-7-9-15-36/h7-35H,1-6H3. The van der Waals surface area contributed by atoms with Crippen molar-refractivity contribution in [2.45, 2.75) is 57.8 Å². The highest BCUT2D eigenvalue weighted by Crippen LogP contribution is 2.55. The summed E-state index contributed by atoms with van der Waals surface area (Å²) in [5, 5.41) is 0. The minimum absolute atomic E-state index is 0.101. The molecule has 1 nitrogen and oxygen atoms in total. The molecule has 0 atom stereocenters. The lowest BCUT2D eigenvalue weighted by Crippen LogP contribution is -2.19. The third-order valence-electron chi connectivity index (χ3n) is 13.9. The largest absolute Gasteiger partial charge is 0.310 e. The maximum atomic E-state index is 2.51. The van der Waals surface area contributed by atoms with Crippen LogP contribution >= 0.6 is 0 Å². The van der Waals surface area contributed by atoms with E-state index in [1.54, 1.807) is 0 Å². The predicted octanol–water partition coefficient (Wildman–Crippen LogP) is 15.4. The van der Waals surface area contributed by atoms with Crippen LogP contribution in [0.3, 0.4) is 0 Å². The number of nitrogens with zero attached hydrogens (tertiary/aromatic N) is 1. The molecule has 0 unspecified atom stereocenters. The molecule has 0 aromatic heterocycles. The maximum Gasteiger partial charge on any atom is 0.0465 e. The van der Waals surface area contributed by atoms with Crippen molar-refractivity contribution in [1.82, 2.24) is 0 Å². The predicted molar refractivity (Wildman–Crippen MR) is 245 cm³/mol. The molecule has 0 saturated heterocycles. The first-order valence-electron chi connectivity index (χ1n) is 20.8. The lowest BCUT2D eigenvalue weighted by atomic mass is 9.81. The average molecular weight is 746 g/mol. The van der Waals surface area contributed by atoms with Gasteiger partial charge in [-0.15, -0.1) is 0 Å². The van der Waals surface area contributed by atoms with Gasteiger partial charge in [0.1, 0.15) is 0 Å². The molecule has 0 saturated carbocycles. The molecule has 8 aromatic rings. The Morgan fingerprint density at radius 2 is 0.569 bits per heavy atom. The molecule has 0 radical (unpaired) electrons. The second kappa shape index (κ2) is 12.3. The van der Waals surface area contributed by atoms with Crippen molar-refractivity contribution >= 4 is 17.1 Å². The van der Waals surface area contributed by atoms with Crippen LogP contribution in [-0.2, 0) is 16.2 Å². The van der Waals surface area contributed by atoms with E-state index in [2.05, 4.69) is 222 Å². The van der Waals surface area contributed by atoms with Gasteiger partial charge in [0.15, 0.2) is 0 Å². The van der Waals surface area contributed by atoms with Crippen LogP contribution in [0.25, 0.3) is 55.6 Å². The normalized spacial score (nSPS) is 15.5. The number of fused-ring (bicyclic) bond motifs is 9. The maximum absolute atomic E-state index is 2.51.